The Balaban J connectivity index is 1.71. The van der Waals surface area contributed by atoms with Crippen molar-refractivity contribution in [2.24, 2.45) is 0 Å². The van der Waals surface area contributed by atoms with Crippen LogP contribution < -0.4 is 5.32 Å². The van der Waals surface area contributed by atoms with Crippen LogP contribution in [0.3, 0.4) is 0 Å². The first-order valence-corrected chi connectivity index (χ1v) is 7.02. The van der Waals surface area contributed by atoms with Gasteiger partial charge >= 0.3 is 0 Å². The summed E-state index contributed by atoms with van der Waals surface area (Å²) in [6.07, 6.45) is 2.85. The maximum Gasteiger partial charge on any atom is 0.225 e. The molecule has 0 aliphatic carbocycles. The van der Waals surface area contributed by atoms with E-state index >= 15 is 0 Å². The molecular weight excluding hydrogens is 290 g/mol. The first-order valence-electron chi connectivity index (χ1n) is 5.35. The zero-order chi connectivity index (χ0) is 11.4. The molecule has 0 spiro atoms. The molecule has 1 aromatic heterocycles. The largest absolute Gasteiger partial charge is 0.376 e. The van der Waals surface area contributed by atoms with Crippen molar-refractivity contribution in [2.45, 2.75) is 25.4 Å². The molecule has 1 amide bonds. The average Bonchev–Trinajstić information content (AvgIpc) is 2.87. The van der Waals surface area contributed by atoms with Gasteiger partial charge in [0.2, 0.25) is 5.91 Å². The van der Waals surface area contributed by atoms with Gasteiger partial charge in [-0.2, -0.15) is 0 Å². The van der Waals surface area contributed by atoms with E-state index in [0.717, 1.165) is 28.8 Å². The molecule has 2 heterocycles. The number of carbonyl (C=O) groups excluding carboxylic acids is 1. The number of carbonyl (C=O) groups is 1. The Morgan fingerprint density at radius 2 is 2.56 bits per heavy atom. The van der Waals surface area contributed by atoms with E-state index < -0.39 is 0 Å². The normalized spacial score (nSPS) is 19.9. The molecule has 0 aromatic carbocycles. The van der Waals surface area contributed by atoms with Crippen LogP contribution in [0.15, 0.2) is 15.9 Å². The van der Waals surface area contributed by atoms with E-state index in [2.05, 4.69) is 21.2 Å². The van der Waals surface area contributed by atoms with Crippen molar-refractivity contribution < 1.29 is 9.53 Å². The molecule has 1 atom stereocenters. The molecule has 16 heavy (non-hydrogen) atoms. The third-order valence-corrected chi connectivity index (χ3v) is 4.21. The van der Waals surface area contributed by atoms with Gasteiger partial charge in [-0.25, -0.2) is 0 Å². The lowest BCUT2D eigenvalue weighted by Gasteiger charge is -2.10. The van der Waals surface area contributed by atoms with Gasteiger partial charge in [-0.1, -0.05) is 0 Å². The molecule has 5 heteroatoms. The topological polar surface area (TPSA) is 38.3 Å². The Hall–Kier alpha value is -0.390. The molecule has 3 nitrogen and oxygen atoms in total. The smallest absolute Gasteiger partial charge is 0.225 e. The Morgan fingerprint density at radius 3 is 3.19 bits per heavy atom. The van der Waals surface area contributed by atoms with Crippen molar-refractivity contribution >= 4 is 33.2 Å². The fourth-order valence-corrected chi connectivity index (χ4v) is 3.15. The molecule has 1 aliphatic rings. The fraction of sp³-hybridized carbons (Fsp3) is 0.545. The second-order valence-corrected chi connectivity index (χ2v) is 5.76. The second kappa shape index (κ2) is 5.80. The Morgan fingerprint density at radius 1 is 1.69 bits per heavy atom. The number of hydrogen-bond donors (Lipinski definition) is 1. The Labute approximate surface area is 107 Å². The van der Waals surface area contributed by atoms with Crippen LogP contribution in [-0.2, 0) is 16.0 Å². The maximum absolute atomic E-state index is 11.6. The number of nitrogens with one attached hydrogen (secondary N) is 1. The fourth-order valence-electron chi connectivity index (χ4n) is 1.70. The summed E-state index contributed by atoms with van der Waals surface area (Å²) in [6.45, 7) is 1.48. The van der Waals surface area contributed by atoms with Crippen LogP contribution in [0, 0.1) is 0 Å². The number of hydrogen-bond acceptors (Lipinski definition) is 3. The molecule has 88 valence electrons. The monoisotopic (exact) mass is 303 g/mol. The minimum absolute atomic E-state index is 0.0739. The molecule has 0 radical (unpaired) electrons. The minimum Gasteiger partial charge on any atom is -0.376 e. The van der Waals surface area contributed by atoms with Gasteiger partial charge in [-0.15, -0.1) is 11.3 Å². The molecule has 0 bridgehead atoms. The summed E-state index contributed by atoms with van der Waals surface area (Å²) >= 11 is 4.97. The third-order valence-electron chi connectivity index (χ3n) is 2.51. The highest BCUT2D eigenvalue weighted by molar-refractivity contribution is 9.10. The highest BCUT2D eigenvalue weighted by atomic mass is 79.9. The van der Waals surface area contributed by atoms with Crippen molar-refractivity contribution in [3.63, 3.8) is 0 Å². The summed E-state index contributed by atoms with van der Waals surface area (Å²) < 4.78 is 6.48. The van der Waals surface area contributed by atoms with Crippen LogP contribution in [0.4, 0.5) is 0 Å². The summed E-state index contributed by atoms with van der Waals surface area (Å²) in [5, 5.41) is 4.90. The molecule has 1 aliphatic heterocycles. The molecule has 1 aromatic rings. The molecule has 1 unspecified atom stereocenters. The highest BCUT2D eigenvalue weighted by Crippen LogP contribution is 2.20. The molecule has 1 N–H and O–H groups in total. The Bertz CT molecular complexity index is 361. The van der Waals surface area contributed by atoms with Gasteiger partial charge in [0.05, 0.1) is 12.5 Å². The standard InChI is InChI=1S/C11H14BrNO2S/c12-8-4-10(16-7-8)5-11(14)13-6-9-2-1-3-15-9/h4,7,9H,1-3,5-6H2,(H,13,14). The Kier molecular flexibility index (Phi) is 4.37. The van der Waals surface area contributed by atoms with Gasteiger partial charge in [0.15, 0.2) is 0 Å². The van der Waals surface area contributed by atoms with Gasteiger partial charge in [0, 0.05) is 27.9 Å². The van der Waals surface area contributed by atoms with Crippen LogP contribution in [0.2, 0.25) is 0 Å². The van der Waals surface area contributed by atoms with E-state index in [1.807, 2.05) is 11.4 Å². The van der Waals surface area contributed by atoms with Crippen molar-refractivity contribution in [1.29, 1.82) is 0 Å². The van der Waals surface area contributed by atoms with E-state index in [9.17, 15) is 4.79 Å². The average molecular weight is 304 g/mol. The zero-order valence-electron chi connectivity index (χ0n) is 8.87. The van der Waals surface area contributed by atoms with Crippen molar-refractivity contribution in [3.8, 4) is 0 Å². The first kappa shape index (κ1) is 12.1. The number of halogens is 1. The van der Waals surface area contributed by atoms with Gasteiger partial charge in [0.1, 0.15) is 0 Å². The molecule has 2 rings (SSSR count). The molecular formula is C11H14BrNO2S. The van der Waals surface area contributed by atoms with E-state index in [1.54, 1.807) is 11.3 Å². The minimum atomic E-state index is 0.0739. The summed E-state index contributed by atoms with van der Waals surface area (Å²) in [6, 6.07) is 1.98. The summed E-state index contributed by atoms with van der Waals surface area (Å²) in [7, 11) is 0. The lowest BCUT2D eigenvalue weighted by atomic mass is 10.2. The van der Waals surface area contributed by atoms with Gasteiger partial charge in [-0.05, 0) is 34.8 Å². The van der Waals surface area contributed by atoms with E-state index in [1.165, 1.54) is 0 Å². The van der Waals surface area contributed by atoms with Crippen LogP contribution in [0.5, 0.6) is 0 Å². The van der Waals surface area contributed by atoms with Crippen LogP contribution >= 0.6 is 27.3 Å². The quantitative estimate of drug-likeness (QED) is 0.927. The van der Waals surface area contributed by atoms with Crippen molar-refractivity contribution in [3.05, 3.63) is 20.8 Å². The van der Waals surface area contributed by atoms with E-state index in [-0.39, 0.29) is 12.0 Å². The molecule has 1 fully saturated rings. The van der Waals surface area contributed by atoms with Gasteiger partial charge < -0.3 is 10.1 Å². The van der Waals surface area contributed by atoms with Crippen LogP contribution in [0.1, 0.15) is 17.7 Å². The van der Waals surface area contributed by atoms with Crippen molar-refractivity contribution in [2.75, 3.05) is 13.2 Å². The van der Waals surface area contributed by atoms with E-state index in [4.69, 9.17) is 4.74 Å². The number of amides is 1. The van der Waals surface area contributed by atoms with E-state index in [0.29, 0.717) is 13.0 Å². The number of rotatable bonds is 4. The first-order chi connectivity index (χ1) is 7.74. The summed E-state index contributed by atoms with van der Waals surface area (Å²) in [5.74, 6) is 0.0739. The van der Waals surface area contributed by atoms with Gasteiger partial charge in [-0.3, -0.25) is 4.79 Å². The SMILES string of the molecule is O=C(Cc1cc(Br)cs1)NCC1CCCO1. The van der Waals surface area contributed by atoms with Gasteiger partial charge in [0.25, 0.3) is 0 Å². The van der Waals surface area contributed by atoms with Crippen molar-refractivity contribution in [1.82, 2.24) is 5.32 Å². The summed E-state index contributed by atoms with van der Waals surface area (Å²) in [5.41, 5.74) is 0. The maximum atomic E-state index is 11.6. The lowest BCUT2D eigenvalue weighted by Crippen LogP contribution is -2.32. The number of ether oxygens (including phenoxy) is 1. The third kappa shape index (κ3) is 3.57. The highest BCUT2D eigenvalue weighted by Gasteiger charge is 2.16. The zero-order valence-corrected chi connectivity index (χ0v) is 11.3. The molecule has 1 saturated heterocycles. The molecule has 0 saturated carbocycles. The summed E-state index contributed by atoms with van der Waals surface area (Å²) in [4.78, 5) is 12.7. The second-order valence-electron chi connectivity index (χ2n) is 3.85. The lowest BCUT2D eigenvalue weighted by molar-refractivity contribution is -0.120. The number of thiophene rings is 1. The van der Waals surface area contributed by atoms with Crippen LogP contribution in [0.25, 0.3) is 0 Å². The predicted octanol–water partition coefficient (Wildman–Crippen LogP) is 2.35. The predicted molar refractivity (Wildman–Crippen MR) is 67.7 cm³/mol. The van der Waals surface area contributed by atoms with Crippen LogP contribution in [-0.4, -0.2) is 25.2 Å².